The Bertz CT molecular complexity index is 967. The van der Waals surface area contributed by atoms with Gasteiger partial charge in [0.05, 0.1) is 18.0 Å². The zero-order valence-electron chi connectivity index (χ0n) is 17.1. The Hall–Kier alpha value is -3.07. The molecule has 0 atom stereocenters. The molecule has 1 fully saturated rings. The maximum atomic E-state index is 5.52. The molecule has 156 valence electrons. The predicted molar refractivity (Wildman–Crippen MR) is 114 cm³/mol. The van der Waals surface area contributed by atoms with Crippen molar-refractivity contribution in [2.75, 3.05) is 37.0 Å². The number of hydrogen-bond donors (Lipinski definition) is 2. The van der Waals surface area contributed by atoms with Crippen LogP contribution in [-0.4, -0.2) is 63.0 Å². The molecule has 9 nitrogen and oxygen atoms in total. The molecule has 0 bridgehead atoms. The highest BCUT2D eigenvalue weighted by molar-refractivity contribution is 5.69. The number of H-pyrrole nitrogens is 1. The maximum absolute atomic E-state index is 5.52. The standard InChI is InChI=1S/C21H26N8O/c1-30-16-5-2-14(3-6-16)12-29-9-8-22-20-21(29)27-18(11-24-20)15-4-7-17(23-10-15)19-25-13-26-28-19/h4,7,10-11,13-14,16H,2-3,5-6,8-9,12H2,1H3,(H,22,24)(H,25,26,28)/t14-,16+. The van der Waals surface area contributed by atoms with Crippen LogP contribution in [0.25, 0.3) is 22.8 Å². The summed E-state index contributed by atoms with van der Waals surface area (Å²) in [5.41, 5.74) is 2.47. The van der Waals surface area contributed by atoms with E-state index in [2.05, 4.69) is 35.4 Å². The normalized spacial score (nSPS) is 21.2. The van der Waals surface area contributed by atoms with Crippen molar-refractivity contribution in [1.82, 2.24) is 30.1 Å². The van der Waals surface area contributed by atoms with E-state index >= 15 is 0 Å². The summed E-state index contributed by atoms with van der Waals surface area (Å²) in [5, 5.41) is 10.2. The lowest BCUT2D eigenvalue weighted by molar-refractivity contribution is 0.0577. The van der Waals surface area contributed by atoms with Gasteiger partial charge in [0, 0.05) is 38.5 Å². The molecule has 5 rings (SSSR count). The van der Waals surface area contributed by atoms with Crippen molar-refractivity contribution in [3.05, 3.63) is 30.9 Å². The number of ether oxygens (including phenoxy) is 1. The fraction of sp³-hybridized carbons (Fsp3) is 0.476. The van der Waals surface area contributed by atoms with Crippen molar-refractivity contribution < 1.29 is 4.74 Å². The summed E-state index contributed by atoms with van der Waals surface area (Å²) in [6, 6.07) is 3.89. The maximum Gasteiger partial charge on any atom is 0.199 e. The topological polar surface area (TPSA) is 105 Å². The molecule has 0 spiro atoms. The number of aromatic nitrogens is 6. The summed E-state index contributed by atoms with van der Waals surface area (Å²) in [4.78, 5) is 20.6. The van der Waals surface area contributed by atoms with E-state index in [1.807, 2.05) is 25.4 Å². The van der Waals surface area contributed by atoms with Crippen LogP contribution in [-0.2, 0) is 4.74 Å². The number of fused-ring (bicyclic) bond motifs is 1. The fourth-order valence-corrected chi connectivity index (χ4v) is 4.33. The second-order valence-corrected chi connectivity index (χ2v) is 7.93. The highest BCUT2D eigenvalue weighted by Gasteiger charge is 2.26. The van der Waals surface area contributed by atoms with E-state index in [9.17, 15) is 0 Å². The largest absolute Gasteiger partial charge is 0.381 e. The Labute approximate surface area is 175 Å². The van der Waals surface area contributed by atoms with Gasteiger partial charge in [-0.2, -0.15) is 5.10 Å². The molecule has 2 N–H and O–H groups in total. The van der Waals surface area contributed by atoms with Gasteiger partial charge in [0.1, 0.15) is 12.0 Å². The predicted octanol–water partition coefficient (Wildman–Crippen LogP) is 2.76. The minimum Gasteiger partial charge on any atom is -0.381 e. The summed E-state index contributed by atoms with van der Waals surface area (Å²) in [6.45, 7) is 2.85. The Morgan fingerprint density at radius 1 is 1.07 bits per heavy atom. The van der Waals surface area contributed by atoms with Crippen LogP contribution in [0.15, 0.2) is 30.9 Å². The van der Waals surface area contributed by atoms with Crippen LogP contribution >= 0.6 is 0 Å². The first-order valence-corrected chi connectivity index (χ1v) is 10.5. The van der Waals surface area contributed by atoms with Gasteiger partial charge in [-0.1, -0.05) is 0 Å². The molecule has 0 unspecified atom stereocenters. The van der Waals surface area contributed by atoms with Crippen LogP contribution in [0.1, 0.15) is 25.7 Å². The quantitative estimate of drug-likeness (QED) is 0.666. The first kappa shape index (κ1) is 18.9. The molecule has 3 aromatic rings. The van der Waals surface area contributed by atoms with Crippen LogP contribution in [0.2, 0.25) is 0 Å². The third-order valence-electron chi connectivity index (χ3n) is 6.04. The van der Waals surface area contributed by atoms with Crippen LogP contribution in [0, 0.1) is 5.92 Å². The highest BCUT2D eigenvalue weighted by Crippen LogP contribution is 2.32. The molecule has 0 saturated heterocycles. The van der Waals surface area contributed by atoms with Crippen molar-refractivity contribution in [3.8, 4) is 22.8 Å². The second-order valence-electron chi connectivity index (χ2n) is 7.93. The monoisotopic (exact) mass is 406 g/mol. The van der Waals surface area contributed by atoms with Gasteiger partial charge in [-0.25, -0.2) is 15.0 Å². The molecule has 0 amide bonds. The first-order valence-electron chi connectivity index (χ1n) is 10.5. The zero-order valence-corrected chi connectivity index (χ0v) is 17.1. The SMILES string of the molecule is CO[C@H]1CC[C@@H](CN2CCNc3ncc(-c4ccc(-c5nc[nH]n5)nc4)nc32)CC1. The van der Waals surface area contributed by atoms with Gasteiger partial charge in [0.15, 0.2) is 17.5 Å². The van der Waals surface area contributed by atoms with Crippen molar-refractivity contribution in [1.29, 1.82) is 0 Å². The van der Waals surface area contributed by atoms with Gasteiger partial charge >= 0.3 is 0 Å². The summed E-state index contributed by atoms with van der Waals surface area (Å²) in [7, 11) is 1.82. The van der Waals surface area contributed by atoms with Crippen molar-refractivity contribution >= 4 is 11.6 Å². The fourth-order valence-electron chi connectivity index (χ4n) is 4.33. The van der Waals surface area contributed by atoms with Crippen LogP contribution in [0.4, 0.5) is 11.6 Å². The van der Waals surface area contributed by atoms with Gasteiger partial charge < -0.3 is 15.0 Å². The van der Waals surface area contributed by atoms with Gasteiger partial charge in [0.25, 0.3) is 0 Å². The van der Waals surface area contributed by atoms with E-state index < -0.39 is 0 Å². The summed E-state index contributed by atoms with van der Waals surface area (Å²) >= 11 is 0. The van der Waals surface area contributed by atoms with E-state index in [0.717, 1.165) is 61.1 Å². The number of aromatic amines is 1. The average Bonchev–Trinajstić information content (AvgIpc) is 3.35. The summed E-state index contributed by atoms with van der Waals surface area (Å²) in [5.74, 6) is 3.05. The Morgan fingerprint density at radius 2 is 1.97 bits per heavy atom. The number of nitrogens with one attached hydrogen (secondary N) is 2. The smallest absolute Gasteiger partial charge is 0.199 e. The third-order valence-corrected chi connectivity index (χ3v) is 6.04. The number of hydrogen-bond acceptors (Lipinski definition) is 8. The average molecular weight is 406 g/mol. The van der Waals surface area contributed by atoms with Crippen LogP contribution in [0.5, 0.6) is 0 Å². The Morgan fingerprint density at radius 3 is 2.70 bits per heavy atom. The molecule has 9 heteroatoms. The number of anilines is 2. The minimum absolute atomic E-state index is 0.426. The van der Waals surface area contributed by atoms with E-state index in [1.54, 1.807) is 12.5 Å². The Kier molecular flexibility index (Phi) is 5.27. The lowest BCUT2D eigenvalue weighted by Crippen LogP contribution is -2.39. The molecule has 1 saturated carbocycles. The molecular weight excluding hydrogens is 380 g/mol. The number of pyridine rings is 1. The number of methoxy groups -OCH3 is 1. The molecule has 30 heavy (non-hydrogen) atoms. The van der Waals surface area contributed by atoms with Gasteiger partial charge in [0.2, 0.25) is 0 Å². The third kappa shape index (κ3) is 3.85. The second kappa shape index (κ2) is 8.35. The summed E-state index contributed by atoms with van der Waals surface area (Å²) < 4.78 is 5.52. The van der Waals surface area contributed by atoms with Crippen LogP contribution in [0.3, 0.4) is 0 Å². The Balaban J connectivity index is 1.35. The van der Waals surface area contributed by atoms with Crippen molar-refractivity contribution in [3.63, 3.8) is 0 Å². The van der Waals surface area contributed by atoms with E-state index in [4.69, 9.17) is 9.72 Å². The van der Waals surface area contributed by atoms with Gasteiger partial charge in [-0.3, -0.25) is 10.1 Å². The molecule has 0 radical (unpaired) electrons. The number of nitrogens with zero attached hydrogens (tertiary/aromatic N) is 6. The van der Waals surface area contributed by atoms with E-state index in [0.29, 0.717) is 17.8 Å². The lowest BCUT2D eigenvalue weighted by Gasteiger charge is -2.35. The number of rotatable bonds is 5. The molecule has 4 heterocycles. The molecule has 2 aliphatic rings. The zero-order chi connectivity index (χ0) is 20.3. The molecule has 1 aliphatic carbocycles. The van der Waals surface area contributed by atoms with Gasteiger partial charge in [-0.15, -0.1) is 0 Å². The lowest BCUT2D eigenvalue weighted by atomic mass is 9.87. The minimum atomic E-state index is 0.426. The molecule has 0 aromatic carbocycles. The van der Waals surface area contributed by atoms with Crippen molar-refractivity contribution in [2.45, 2.75) is 31.8 Å². The highest BCUT2D eigenvalue weighted by atomic mass is 16.5. The summed E-state index contributed by atoms with van der Waals surface area (Å²) in [6.07, 6.45) is 10.3. The van der Waals surface area contributed by atoms with Crippen molar-refractivity contribution in [2.24, 2.45) is 5.92 Å². The first-order chi connectivity index (χ1) is 14.8. The molecule has 3 aromatic heterocycles. The molecule has 1 aliphatic heterocycles. The van der Waals surface area contributed by atoms with E-state index in [-0.39, 0.29) is 0 Å². The van der Waals surface area contributed by atoms with Crippen LogP contribution < -0.4 is 10.2 Å². The molecular formula is C21H26N8O. The van der Waals surface area contributed by atoms with Gasteiger partial charge in [-0.05, 0) is 43.7 Å². The van der Waals surface area contributed by atoms with E-state index in [1.165, 1.54) is 12.8 Å².